The molecule has 0 aromatic heterocycles. The van der Waals surface area contributed by atoms with Gasteiger partial charge in [-0.15, -0.1) is 0 Å². The third-order valence-corrected chi connectivity index (χ3v) is 6.25. The Morgan fingerprint density at radius 1 is 1.17 bits per heavy atom. The van der Waals surface area contributed by atoms with Crippen molar-refractivity contribution in [1.29, 1.82) is 0 Å². The highest BCUT2D eigenvalue weighted by atomic mass is 32.2. The van der Waals surface area contributed by atoms with Gasteiger partial charge in [0.05, 0.1) is 11.4 Å². The summed E-state index contributed by atoms with van der Waals surface area (Å²) in [5.41, 5.74) is 2.61. The van der Waals surface area contributed by atoms with Crippen molar-refractivity contribution in [2.45, 2.75) is 44.6 Å². The van der Waals surface area contributed by atoms with Gasteiger partial charge >= 0.3 is 0 Å². The van der Waals surface area contributed by atoms with E-state index in [1.807, 2.05) is 37.8 Å². The minimum atomic E-state index is -3.53. The Morgan fingerprint density at radius 3 is 2.21 bits per heavy atom. The molecule has 0 radical (unpaired) electrons. The number of sulfonamides is 1. The topological polar surface area (TPSA) is 78.5 Å². The second-order valence-corrected chi connectivity index (χ2v) is 8.22. The molecule has 1 fully saturated rings. The number of nitrogens with zero attached hydrogens (tertiary/aromatic N) is 1. The number of aryl methyl sites for hydroxylation is 3. The van der Waals surface area contributed by atoms with Crippen molar-refractivity contribution in [1.82, 2.24) is 14.9 Å². The Kier molecular flexibility index (Phi) is 6.01. The molecule has 0 unspecified atom stereocenters. The average molecular weight is 353 g/mol. The smallest absolute Gasteiger partial charge is 0.241 e. The SMILES string of the molecule is CNC(=O)CN1CCC(NS(=O)(=O)c2c(C)cc(C)cc2C)CC1. The zero-order valence-corrected chi connectivity index (χ0v) is 15.7. The highest BCUT2D eigenvalue weighted by molar-refractivity contribution is 7.89. The fraction of sp³-hybridized carbons (Fsp3) is 0.588. The molecule has 7 heteroatoms. The fourth-order valence-electron chi connectivity index (χ4n) is 3.36. The number of likely N-dealkylation sites (N-methyl/N-ethyl adjacent to an activating group) is 1. The lowest BCUT2D eigenvalue weighted by molar-refractivity contribution is -0.122. The van der Waals surface area contributed by atoms with Gasteiger partial charge in [0.1, 0.15) is 0 Å². The summed E-state index contributed by atoms with van der Waals surface area (Å²) < 4.78 is 28.4. The number of amides is 1. The standard InChI is InChI=1S/C17H27N3O3S/c1-12-9-13(2)17(14(3)10-12)24(22,23)19-15-5-7-20(8-6-15)11-16(21)18-4/h9-10,15,19H,5-8,11H2,1-4H3,(H,18,21). The highest BCUT2D eigenvalue weighted by Crippen LogP contribution is 2.23. The van der Waals surface area contributed by atoms with Gasteiger partial charge in [-0.2, -0.15) is 0 Å². The van der Waals surface area contributed by atoms with Gasteiger partial charge in [-0.1, -0.05) is 17.7 Å². The van der Waals surface area contributed by atoms with Crippen LogP contribution in [0.3, 0.4) is 0 Å². The molecule has 0 atom stereocenters. The molecule has 0 saturated carbocycles. The molecule has 1 aromatic rings. The largest absolute Gasteiger partial charge is 0.358 e. The van der Waals surface area contributed by atoms with E-state index in [0.29, 0.717) is 37.4 Å². The van der Waals surface area contributed by atoms with Crippen LogP contribution in [0.4, 0.5) is 0 Å². The Labute approximate surface area is 144 Å². The van der Waals surface area contributed by atoms with Crippen LogP contribution in [0.5, 0.6) is 0 Å². The van der Waals surface area contributed by atoms with Crippen LogP contribution in [0.2, 0.25) is 0 Å². The summed E-state index contributed by atoms with van der Waals surface area (Å²) in [6, 6.07) is 3.71. The van der Waals surface area contributed by atoms with Crippen LogP contribution in [0.15, 0.2) is 17.0 Å². The molecule has 134 valence electrons. The van der Waals surface area contributed by atoms with E-state index in [1.165, 1.54) is 0 Å². The monoisotopic (exact) mass is 353 g/mol. The van der Waals surface area contributed by atoms with Crippen molar-refractivity contribution in [3.8, 4) is 0 Å². The van der Waals surface area contributed by atoms with Crippen LogP contribution in [-0.4, -0.2) is 51.9 Å². The minimum Gasteiger partial charge on any atom is -0.358 e. The molecule has 1 aliphatic heterocycles. The van der Waals surface area contributed by atoms with Gasteiger partial charge in [-0.05, 0) is 44.7 Å². The number of nitrogens with one attached hydrogen (secondary N) is 2. The van der Waals surface area contributed by atoms with Crippen LogP contribution in [0, 0.1) is 20.8 Å². The summed E-state index contributed by atoms with van der Waals surface area (Å²) in [4.78, 5) is 13.9. The quantitative estimate of drug-likeness (QED) is 0.831. The number of piperidine rings is 1. The average Bonchev–Trinajstić information content (AvgIpc) is 2.47. The Morgan fingerprint density at radius 2 is 1.71 bits per heavy atom. The number of carbonyl (C=O) groups is 1. The van der Waals surface area contributed by atoms with Crippen molar-refractivity contribution < 1.29 is 13.2 Å². The normalized spacial score (nSPS) is 17.0. The first-order valence-electron chi connectivity index (χ1n) is 8.26. The summed E-state index contributed by atoms with van der Waals surface area (Å²) in [5.74, 6) is -0.0139. The zero-order valence-electron chi connectivity index (χ0n) is 14.8. The zero-order chi connectivity index (χ0) is 17.9. The van der Waals surface area contributed by atoms with Gasteiger partial charge < -0.3 is 5.32 Å². The van der Waals surface area contributed by atoms with E-state index >= 15 is 0 Å². The van der Waals surface area contributed by atoms with Crippen LogP contribution in [0.25, 0.3) is 0 Å². The maximum Gasteiger partial charge on any atom is 0.241 e. The Hall–Kier alpha value is -1.44. The molecular weight excluding hydrogens is 326 g/mol. The van der Waals surface area contributed by atoms with E-state index in [2.05, 4.69) is 10.0 Å². The van der Waals surface area contributed by atoms with Gasteiger partial charge in [0.15, 0.2) is 0 Å². The van der Waals surface area contributed by atoms with Gasteiger partial charge in [0, 0.05) is 26.2 Å². The summed E-state index contributed by atoms with van der Waals surface area (Å²) in [6.45, 7) is 7.43. The maximum atomic E-state index is 12.8. The molecule has 6 nitrogen and oxygen atoms in total. The number of carbonyl (C=O) groups excluding carboxylic acids is 1. The van der Waals surface area contributed by atoms with Crippen molar-refractivity contribution in [3.63, 3.8) is 0 Å². The highest BCUT2D eigenvalue weighted by Gasteiger charge is 2.27. The van der Waals surface area contributed by atoms with E-state index in [0.717, 1.165) is 16.7 Å². The van der Waals surface area contributed by atoms with Crippen molar-refractivity contribution in [3.05, 3.63) is 28.8 Å². The predicted octanol–water partition coefficient (Wildman–Crippen LogP) is 1.10. The first-order chi connectivity index (χ1) is 11.2. The van der Waals surface area contributed by atoms with Gasteiger partial charge in [-0.25, -0.2) is 13.1 Å². The molecular formula is C17H27N3O3S. The van der Waals surface area contributed by atoms with E-state index in [-0.39, 0.29) is 11.9 Å². The summed E-state index contributed by atoms with van der Waals surface area (Å²) in [5, 5.41) is 2.61. The van der Waals surface area contributed by atoms with E-state index < -0.39 is 10.0 Å². The van der Waals surface area contributed by atoms with Gasteiger partial charge in [0.2, 0.25) is 15.9 Å². The number of likely N-dealkylation sites (tertiary alicyclic amines) is 1. The minimum absolute atomic E-state index is 0.0139. The second kappa shape index (κ2) is 7.63. The van der Waals surface area contributed by atoms with E-state index in [1.54, 1.807) is 7.05 Å². The van der Waals surface area contributed by atoms with Crippen LogP contribution < -0.4 is 10.0 Å². The lowest BCUT2D eigenvalue weighted by atomic mass is 10.1. The molecule has 0 spiro atoms. The molecule has 2 N–H and O–H groups in total. The Bertz CT molecular complexity index is 685. The third kappa shape index (κ3) is 4.55. The second-order valence-electron chi connectivity index (χ2n) is 6.57. The molecule has 1 heterocycles. The molecule has 1 saturated heterocycles. The first-order valence-corrected chi connectivity index (χ1v) is 9.74. The summed E-state index contributed by atoms with van der Waals surface area (Å²) >= 11 is 0. The lowest BCUT2D eigenvalue weighted by Gasteiger charge is -2.31. The van der Waals surface area contributed by atoms with Gasteiger partial charge in [-0.3, -0.25) is 9.69 Å². The van der Waals surface area contributed by atoms with Crippen molar-refractivity contribution in [2.75, 3.05) is 26.7 Å². The molecule has 0 bridgehead atoms. The molecule has 24 heavy (non-hydrogen) atoms. The van der Waals surface area contributed by atoms with E-state index in [4.69, 9.17) is 0 Å². The predicted molar refractivity (Wildman–Crippen MR) is 94.5 cm³/mol. The third-order valence-electron chi connectivity index (χ3n) is 4.43. The van der Waals surface area contributed by atoms with Crippen molar-refractivity contribution >= 4 is 15.9 Å². The molecule has 1 aliphatic rings. The lowest BCUT2D eigenvalue weighted by Crippen LogP contribution is -2.47. The first kappa shape index (κ1) is 18.9. The summed E-state index contributed by atoms with van der Waals surface area (Å²) in [6.07, 6.45) is 1.42. The van der Waals surface area contributed by atoms with Crippen molar-refractivity contribution in [2.24, 2.45) is 0 Å². The Balaban J connectivity index is 2.03. The fourth-order valence-corrected chi connectivity index (χ4v) is 5.12. The van der Waals surface area contributed by atoms with Gasteiger partial charge in [0.25, 0.3) is 0 Å². The van der Waals surface area contributed by atoms with Crippen LogP contribution in [0.1, 0.15) is 29.5 Å². The maximum absolute atomic E-state index is 12.8. The van der Waals surface area contributed by atoms with Crippen LogP contribution >= 0.6 is 0 Å². The number of hydrogen-bond acceptors (Lipinski definition) is 4. The molecule has 1 amide bonds. The molecule has 2 rings (SSSR count). The summed E-state index contributed by atoms with van der Waals surface area (Å²) in [7, 11) is -1.91. The van der Waals surface area contributed by atoms with Crippen LogP contribution in [-0.2, 0) is 14.8 Å². The number of benzene rings is 1. The van der Waals surface area contributed by atoms with E-state index in [9.17, 15) is 13.2 Å². The number of hydrogen-bond donors (Lipinski definition) is 2. The number of rotatable bonds is 5. The molecule has 0 aliphatic carbocycles. The molecule has 1 aromatic carbocycles.